The molecule has 0 bridgehead atoms. The van der Waals surface area contributed by atoms with Crippen LogP contribution in [-0.4, -0.2) is 26.8 Å². The van der Waals surface area contributed by atoms with Gasteiger partial charge in [0.15, 0.2) is 11.9 Å². The summed E-state index contributed by atoms with van der Waals surface area (Å²) in [5.74, 6) is 2.12. The van der Waals surface area contributed by atoms with Gasteiger partial charge in [-0.15, -0.1) is 10.2 Å². The van der Waals surface area contributed by atoms with Crippen molar-refractivity contribution >= 4 is 39.1 Å². The van der Waals surface area contributed by atoms with Crippen molar-refractivity contribution in [2.45, 2.75) is 45.3 Å². The van der Waals surface area contributed by atoms with Crippen LogP contribution in [0.25, 0.3) is 11.4 Å². The lowest BCUT2D eigenvalue weighted by Crippen LogP contribution is -2.30. The topological polar surface area (TPSA) is 69.0 Å². The number of aromatic nitrogens is 3. The van der Waals surface area contributed by atoms with Crippen LogP contribution in [0.15, 0.2) is 46.9 Å². The number of halogens is 2. The van der Waals surface area contributed by atoms with Crippen LogP contribution in [0.4, 0.5) is 5.69 Å². The summed E-state index contributed by atoms with van der Waals surface area (Å²) in [5.41, 5.74) is 1.40. The second-order valence-corrected chi connectivity index (χ2v) is 8.62. The van der Waals surface area contributed by atoms with Crippen molar-refractivity contribution in [2.24, 2.45) is 0 Å². The summed E-state index contributed by atoms with van der Waals surface area (Å²) in [6, 6.07) is 12.7. The van der Waals surface area contributed by atoms with Gasteiger partial charge in [-0.3, -0.25) is 4.79 Å². The number of anilines is 1. The second kappa shape index (κ2) is 9.18. The van der Waals surface area contributed by atoms with E-state index in [1.165, 1.54) is 6.42 Å². The molecular formula is C22H22BrClN4O2. The molecule has 1 aromatic heterocycles. The lowest BCUT2D eigenvalue weighted by atomic mass is 10.1. The molecule has 1 atom stereocenters. The summed E-state index contributed by atoms with van der Waals surface area (Å²) in [7, 11) is 0. The zero-order valence-corrected chi connectivity index (χ0v) is 18.9. The summed E-state index contributed by atoms with van der Waals surface area (Å²) in [5, 5.41) is 12.2. The minimum atomic E-state index is -0.658. The fourth-order valence-electron chi connectivity index (χ4n) is 3.47. The normalized spacial score (nSPS) is 14.5. The number of fused-ring (bicyclic) bond motifs is 1. The van der Waals surface area contributed by atoms with Gasteiger partial charge in [0.2, 0.25) is 0 Å². The van der Waals surface area contributed by atoms with E-state index in [9.17, 15) is 4.79 Å². The number of hydrogen-bond acceptors (Lipinski definition) is 4. The molecule has 1 N–H and O–H groups in total. The Kier molecular flexibility index (Phi) is 6.39. The molecule has 0 radical (unpaired) electrons. The maximum absolute atomic E-state index is 12.6. The molecule has 30 heavy (non-hydrogen) atoms. The largest absolute Gasteiger partial charge is 0.481 e. The lowest BCUT2D eigenvalue weighted by Gasteiger charge is -2.16. The molecule has 8 heteroatoms. The predicted octanol–water partition coefficient (Wildman–Crippen LogP) is 5.49. The van der Waals surface area contributed by atoms with Gasteiger partial charge < -0.3 is 14.6 Å². The average Bonchev–Trinajstić information content (AvgIpc) is 2.98. The van der Waals surface area contributed by atoms with Crippen molar-refractivity contribution in [1.29, 1.82) is 0 Å². The Labute approximate surface area is 188 Å². The quantitative estimate of drug-likeness (QED) is 0.514. The highest BCUT2D eigenvalue weighted by molar-refractivity contribution is 9.10. The molecule has 1 aliphatic rings. The zero-order chi connectivity index (χ0) is 21.1. The lowest BCUT2D eigenvalue weighted by molar-refractivity contribution is -0.122. The smallest absolute Gasteiger partial charge is 0.265 e. The fraction of sp³-hybridized carbons (Fsp3) is 0.318. The van der Waals surface area contributed by atoms with Crippen LogP contribution in [0.2, 0.25) is 5.02 Å². The number of rotatable bonds is 5. The van der Waals surface area contributed by atoms with E-state index in [2.05, 4.69) is 36.0 Å². The first-order valence-electron chi connectivity index (χ1n) is 9.96. The number of ether oxygens (including phenoxy) is 1. The van der Waals surface area contributed by atoms with Crippen molar-refractivity contribution in [3.05, 3.63) is 57.8 Å². The number of amides is 1. The molecule has 3 aromatic rings. The minimum absolute atomic E-state index is 0.244. The van der Waals surface area contributed by atoms with E-state index in [-0.39, 0.29) is 5.91 Å². The number of hydrogen-bond donors (Lipinski definition) is 1. The number of carbonyl (C=O) groups excluding carboxylic acids is 1. The molecular weight excluding hydrogens is 468 g/mol. The molecule has 0 aliphatic carbocycles. The highest BCUT2D eigenvalue weighted by Crippen LogP contribution is 2.31. The monoisotopic (exact) mass is 488 g/mol. The fourth-order valence-corrected chi connectivity index (χ4v) is 3.94. The molecule has 4 rings (SSSR count). The van der Waals surface area contributed by atoms with E-state index in [1.807, 2.05) is 30.3 Å². The maximum atomic E-state index is 12.6. The highest BCUT2D eigenvalue weighted by atomic mass is 79.9. The van der Waals surface area contributed by atoms with Crippen molar-refractivity contribution < 1.29 is 9.53 Å². The van der Waals surface area contributed by atoms with Gasteiger partial charge in [0.25, 0.3) is 5.91 Å². The van der Waals surface area contributed by atoms with Crippen molar-refractivity contribution in [3.63, 3.8) is 0 Å². The van der Waals surface area contributed by atoms with E-state index >= 15 is 0 Å². The maximum Gasteiger partial charge on any atom is 0.265 e. The van der Waals surface area contributed by atoms with Crippen LogP contribution in [0.1, 0.15) is 32.0 Å². The highest BCUT2D eigenvalue weighted by Gasteiger charge is 2.20. The summed E-state index contributed by atoms with van der Waals surface area (Å²) in [6.07, 6.45) is 3.67. The molecule has 0 saturated heterocycles. The number of nitrogens with zero attached hydrogens (tertiary/aromatic N) is 3. The van der Waals surface area contributed by atoms with E-state index in [4.69, 9.17) is 16.3 Å². The Bertz CT molecular complexity index is 1050. The van der Waals surface area contributed by atoms with Crippen LogP contribution in [0.3, 0.4) is 0 Å². The van der Waals surface area contributed by atoms with Crippen LogP contribution in [0.5, 0.6) is 5.75 Å². The summed E-state index contributed by atoms with van der Waals surface area (Å²) in [4.78, 5) is 12.6. The zero-order valence-electron chi connectivity index (χ0n) is 16.6. The van der Waals surface area contributed by atoms with E-state index in [1.54, 1.807) is 19.1 Å². The van der Waals surface area contributed by atoms with Crippen LogP contribution >= 0.6 is 27.5 Å². The third-order valence-electron chi connectivity index (χ3n) is 5.08. The van der Waals surface area contributed by atoms with Crippen molar-refractivity contribution in [1.82, 2.24) is 14.8 Å². The van der Waals surface area contributed by atoms with Gasteiger partial charge >= 0.3 is 0 Å². The van der Waals surface area contributed by atoms with Gasteiger partial charge in [0.1, 0.15) is 11.6 Å². The number of carbonyl (C=O) groups is 1. The van der Waals surface area contributed by atoms with Gasteiger partial charge in [0.05, 0.1) is 5.02 Å². The molecule has 0 fully saturated rings. The SMILES string of the molecule is CC(Oc1ccc(Br)cc1)C(=O)Nc1ccc(Cl)c(-c2nnc3n2CCCCC3)c1. The van der Waals surface area contributed by atoms with E-state index < -0.39 is 6.10 Å². The first-order valence-corrected chi connectivity index (χ1v) is 11.1. The first kappa shape index (κ1) is 20.9. The molecule has 1 aliphatic heterocycles. The van der Waals surface area contributed by atoms with Crippen LogP contribution < -0.4 is 10.1 Å². The molecule has 2 heterocycles. The Hall–Kier alpha value is -2.38. The molecule has 1 unspecified atom stereocenters. The number of nitrogens with one attached hydrogen (secondary N) is 1. The van der Waals surface area contributed by atoms with Crippen LogP contribution in [0, 0.1) is 0 Å². The number of aryl methyl sites for hydroxylation is 1. The van der Waals surface area contributed by atoms with E-state index in [0.717, 1.165) is 47.5 Å². The Balaban J connectivity index is 1.51. The van der Waals surface area contributed by atoms with Gasteiger partial charge in [-0.25, -0.2) is 0 Å². The molecule has 2 aromatic carbocycles. The average molecular weight is 490 g/mol. The molecule has 0 saturated carbocycles. The minimum Gasteiger partial charge on any atom is -0.481 e. The Morgan fingerprint density at radius 3 is 2.77 bits per heavy atom. The van der Waals surface area contributed by atoms with Gasteiger partial charge in [-0.2, -0.15) is 0 Å². The van der Waals surface area contributed by atoms with Crippen molar-refractivity contribution in [3.8, 4) is 17.1 Å². The summed E-state index contributed by atoms with van der Waals surface area (Å²) in [6.45, 7) is 2.59. The first-order chi connectivity index (χ1) is 14.5. The number of benzene rings is 2. The van der Waals surface area contributed by atoms with Gasteiger partial charge in [-0.1, -0.05) is 34.0 Å². The van der Waals surface area contributed by atoms with Gasteiger partial charge in [-0.05, 0) is 62.2 Å². The van der Waals surface area contributed by atoms with E-state index in [0.29, 0.717) is 16.5 Å². The molecule has 0 spiro atoms. The van der Waals surface area contributed by atoms with Gasteiger partial charge in [0, 0.05) is 28.7 Å². The second-order valence-electron chi connectivity index (χ2n) is 7.30. The molecule has 156 valence electrons. The Morgan fingerprint density at radius 1 is 1.17 bits per heavy atom. The standard InChI is InChI=1S/C22H22BrClN4O2/c1-14(30-17-9-6-15(23)7-10-17)22(29)25-16-8-11-19(24)18(13-16)21-27-26-20-5-3-2-4-12-28(20)21/h6-11,13-14H,2-5,12H2,1H3,(H,25,29). The summed E-state index contributed by atoms with van der Waals surface area (Å²) < 4.78 is 8.82. The third kappa shape index (κ3) is 4.68. The Morgan fingerprint density at radius 2 is 1.97 bits per heavy atom. The molecule has 6 nitrogen and oxygen atoms in total. The molecule has 1 amide bonds. The van der Waals surface area contributed by atoms with Crippen molar-refractivity contribution in [2.75, 3.05) is 5.32 Å². The van der Waals surface area contributed by atoms with Crippen LogP contribution in [-0.2, 0) is 17.8 Å². The summed E-state index contributed by atoms with van der Waals surface area (Å²) >= 11 is 9.85. The third-order valence-corrected chi connectivity index (χ3v) is 5.94. The predicted molar refractivity (Wildman–Crippen MR) is 121 cm³/mol.